The van der Waals surface area contributed by atoms with Gasteiger partial charge in [0.05, 0.1) is 17.1 Å². The normalized spacial score (nSPS) is 18.0. The second-order valence-electron chi connectivity index (χ2n) is 5.64. The van der Waals surface area contributed by atoms with E-state index in [2.05, 4.69) is 14.4 Å². The number of nitrogens with zero attached hydrogens (tertiary/aromatic N) is 2. The zero-order chi connectivity index (χ0) is 17.2. The predicted molar refractivity (Wildman–Crippen MR) is 85.5 cm³/mol. The Morgan fingerprint density at radius 2 is 2.08 bits per heavy atom. The smallest absolute Gasteiger partial charge is 0.253 e. The van der Waals surface area contributed by atoms with Crippen LogP contribution in [0.5, 0.6) is 0 Å². The number of hydrogen-bond acceptors (Lipinski definition) is 6. The van der Waals surface area contributed by atoms with E-state index < -0.39 is 10.0 Å². The molecule has 1 atom stereocenters. The fourth-order valence-corrected chi connectivity index (χ4v) is 3.51. The van der Waals surface area contributed by atoms with Gasteiger partial charge in [-0.3, -0.25) is 4.79 Å². The van der Waals surface area contributed by atoms with Gasteiger partial charge in [-0.05, 0) is 30.7 Å². The van der Waals surface area contributed by atoms with Crippen LogP contribution in [-0.4, -0.2) is 43.5 Å². The van der Waals surface area contributed by atoms with Crippen LogP contribution in [-0.2, 0) is 16.6 Å². The number of likely N-dealkylation sites (tertiary alicyclic amines) is 1. The van der Waals surface area contributed by atoms with Gasteiger partial charge in [-0.1, -0.05) is 5.16 Å². The van der Waals surface area contributed by atoms with E-state index >= 15 is 0 Å². The molecule has 8 nitrogen and oxygen atoms in total. The van der Waals surface area contributed by atoms with Crippen molar-refractivity contribution in [3.63, 3.8) is 0 Å². The lowest BCUT2D eigenvalue weighted by atomic mass is 10.2. The summed E-state index contributed by atoms with van der Waals surface area (Å²) in [6.45, 7) is 1.18. The minimum Gasteiger partial charge on any atom is -0.364 e. The van der Waals surface area contributed by atoms with E-state index in [0.29, 0.717) is 24.3 Å². The van der Waals surface area contributed by atoms with Crippen molar-refractivity contribution in [2.45, 2.75) is 23.9 Å². The summed E-state index contributed by atoms with van der Waals surface area (Å²) >= 11 is 0. The molecule has 0 unspecified atom stereocenters. The summed E-state index contributed by atoms with van der Waals surface area (Å²) in [5.74, 6) is -0.137. The molecule has 0 radical (unpaired) electrons. The van der Waals surface area contributed by atoms with Crippen LogP contribution in [0.1, 0.15) is 22.5 Å². The number of aromatic nitrogens is 1. The maximum atomic E-state index is 12.3. The number of carbonyl (C=O) groups is 1. The first kappa shape index (κ1) is 16.6. The van der Waals surface area contributed by atoms with Crippen molar-refractivity contribution in [2.24, 2.45) is 5.73 Å². The Morgan fingerprint density at radius 1 is 1.33 bits per heavy atom. The first-order chi connectivity index (χ1) is 11.5. The summed E-state index contributed by atoms with van der Waals surface area (Å²) in [7, 11) is -3.68. The summed E-state index contributed by atoms with van der Waals surface area (Å²) < 4.78 is 31.5. The van der Waals surface area contributed by atoms with Crippen LogP contribution in [0.15, 0.2) is 46.0 Å². The second kappa shape index (κ2) is 6.71. The zero-order valence-corrected chi connectivity index (χ0v) is 13.7. The fourth-order valence-electron chi connectivity index (χ4n) is 2.51. The van der Waals surface area contributed by atoms with Crippen molar-refractivity contribution in [1.82, 2.24) is 14.8 Å². The van der Waals surface area contributed by atoms with Gasteiger partial charge in [0.25, 0.3) is 5.91 Å². The van der Waals surface area contributed by atoms with E-state index in [0.717, 1.165) is 6.42 Å². The fraction of sp³-hybridized carbons (Fsp3) is 0.333. The topological polar surface area (TPSA) is 119 Å². The van der Waals surface area contributed by atoms with Crippen LogP contribution in [0, 0.1) is 0 Å². The molecular formula is C15H18N4O4S. The molecule has 9 heteroatoms. The van der Waals surface area contributed by atoms with E-state index in [-0.39, 0.29) is 23.4 Å². The Morgan fingerprint density at radius 3 is 2.67 bits per heavy atom. The van der Waals surface area contributed by atoms with Crippen LogP contribution >= 0.6 is 0 Å². The lowest BCUT2D eigenvalue weighted by Gasteiger charge is -2.16. The molecule has 0 spiro atoms. The molecule has 0 bridgehead atoms. The highest BCUT2D eigenvalue weighted by Gasteiger charge is 2.25. The SMILES string of the molecule is N[C@H]1CCN(C(=O)c2ccc(S(=O)(=O)NCc3ccon3)cc2)C1. The molecule has 1 amide bonds. The summed E-state index contributed by atoms with van der Waals surface area (Å²) in [5.41, 5.74) is 6.73. The predicted octanol–water partition coefficient (Wildman–Crippen LogP) is 0.326. The quantitative estimate of drug-likeness (QED) is 0.802. The number of rotatable bonds is 5. The molecule has 3 rings (SSSR count). The Kier molecular flexibility index (Phi) is 4.65. The van der Waals surface area contributed by atoms with Gasteiger partial charge in [-0.25, -0.2) is 13.1 Å². The number of nitrogens with two attached hydrogens (primary N) is 1. The van der Waals surface area contributed by atoms with Crippen LogP contribution < -0.4 is 10.5 Å². The summed E-state index contributed by atoms with van der Waals surface area (Å²) in [4.78, 5) is 14.1. The molecule has 1 fully saturated rings. The number of amides is 1. The highest BCUT2D eigenvalue weighted by Crippen LogP contribution is 2.15. The summed E-state index contributed by atoms with van der Waals surface area (Å²) in [6, 6.07) is 7.43. The van der Waals surface area contributed by atoms with E-state index in [1.54, 1.807) is 11.0 Å². The number of hydrogen-bond donors (Lipinski definition) is 2. The lowest BCUT2D eigenvalue weighted by Crippen LogP contribution is -2.31. The van der Waals surface area contributed by atoms with Crippen molar-refractivity contribution in [1.29, 1.82) is 0 Å². The average Bonchev–Trinajstić information content (AvgIpc) is 3.24. The van der Waals surface area contributed by atoms with Crippen LogP contribution in [0.3, 0.4) is 0 Å². The monoisotopic (exact) mass is 350 g/mol. The van der Waals surface area contributed by atoms with Crippen molar-refractivity contribution in [2.75, 3.05) is 13.1 Å². The van der Waals surface area contributed by atoms with Gasteiger partial charge < -0.3 is 15.2 Å². The minimum atomic E-state index is -3.68. The van der Waals surface area contributed by atoms with E-state index in [9.17, 15) is 13.2 Å². The Bertz CT molecular complexity index is 803. The molecule has 1 aliphatic heterocycles. The molecule has 1 aliphatic rings. The molecule has 1 saturated heterocycles. The van der Waals surface area contributed by atoms with E-state index in [1.165, 1.54) is 30.5 Å². The van der Waals surface area contributed by atoms with Crippen molar-refractivity contribution >= 4 is 15.9 Å². The summed E-state index contributed by atoms with van der Waals surface area (Å²) in [6.07, 6.45) is 2.15. The van der Waals surface area contributed by atoms with Crippen molar-refractivity contribution < 1.29 is 17.7 Å². The van der Waals surface area contributed by atoms with Crippen LogP contribution in [0.4, 0.5) is 0 Å². The van der Waals surface area contributed by atoms with Gasteiger partial charge in [-0.2, -0.15) is 0 Å². The molecule has 24 heavy (non-hydrogen) atoms. The Labute approximate surface area is 139 Å². The van der Waals surface area contributed by atoms with Gasteiger partial charge in [-0.15, -0.1) is 0 Å². The third-order valence-corrected chi connectivity index (χ3v) is 5.28. The average molecular weight is 350 g/mol. The molecule has 3 N–H and O–H groups in total. The number of carbonyl (C=O) groups excluding carboxylic acids is 1. The van der Waals surface area contributed by atoms with Gasteiger partial charge >= 0.3 is 0 Å². The molecular weight excluding hydrogens is 332 g/mol. The number of nitrogens with one attached hydrogen (secondary N) is 1. The third kappa shape index (κ3) is 3.64. The highest BCUT2D eigenvalue weighted by atomic mass is 32.2. The first-order valence-corrected chi connectivity index (χ1v) is 8.98. The zero-order valence-electron chi connectivity index (χ0n) is 12.9. The maximum absolute atomic E-state index is 12.3. The molecule has 0 aliphatic carbocycles. The van der Waals surface area contributed by atoms with Gasteiger partial charge in [0.15, 0.2) is 0 Å². The standard InChI is InChI=1S/C15H18N4O4S/c16-12-5-7-19(10-12)15(20)11-1-3-14(4-2-11)24(21,22)17-9-13-6-8-23-18-13/h1-4,6,8,12,17H,5,7,9-10,16H2/t12-/m0/s1. The molecule has 1 aromatic heterocycles. The Balaban J connectivity index is 1.68. The largest absolute Gasteiger partial charge is 0.364 e. The minimum absolute atomic E-state index is 0.00864. The van der Waals surface area contributed by atoms with Crippen molar-refractivity contribution in [3.8, 4) is 0 Å². The molecule has 2 aromatic rings. The summed E-state index contributed by atoms with van der Waals surface area (Å²) in [5, 5.41) is 3.64. The van der Waals surface area contributed by atoms with E-state index in [4.69, 9.17) is 5.73 Å². The molecule has 128 valence electrons. The first-order valence-electron chi connectivity index (χ1n) is 7.49. The Hall–Kier alpha value is -2.23. The van der Waals surface area contributed by atoms with Crippen LogP contribution in [0.25, 0.3) is 0 Å². The van der Waals surface area contributed by atoms with Gasteiger partial charge in [0, 0.05) is 30.8 Å². The lowest BCUT2D eigenvalue weighted by molar-refractivity contribution is 0.0791. The molecule has 2 heterocycles. The van der Waals surface area contributed by atoms with Crippen molar-refractivity contribution in [3.05, 3.63) is 47.9 Å². The molecule has 0 saturated carbocycles. The molecule has 1 aromatic carbocycles. The highest BCUT2D eigenvalue weighted by molar-refractivity contribution is 7.89. The van der Waals surface area contributed by atoms with Gasteiger partial charge in [0.2, 0.25) is 10.0 Å². The number of sulfonamides is 1. The maximum Gasteiger partial charge on any atom is 0.253 e. The van der Waals surface area contributed by atoms with Crippen LogP contribution in [0.2, 0.25) is 0 Å². The van der Waals surface area contributed by atoms with E-state index in [1.807, 2.05) is 0 Å². The number of benzene rings is 1. The van der Waals surface area contributed by atoms with Gasteiger partial charge in [0.1, 0.15) is 6.26 Å². The second-order valence-corrected chi connectivity index (χ2v) is 7.41. The third-order valence-electron chi connectivity index (χ3n) is 3.86.